The molecule has 1 heterocycles. The van der Waals surface area contributed by atoms with Gasteiger partial charge in [0.2, 0.25) is 0 Å². The molecule has 0 saturated carbocycles. The van der Waals surface area contributed by atoms with E-state index in [9.17, 15) is 18.4 Å². The third-order valence-electron chi connectivity index (χ3n) is 4.28. The minimum absolute atomic E-state index is 0.0401. The lowest BCUT2D eigenvalue weighted by atomic mass is 9.94. The van der Waals surface area contributed by atoms with E-state index in [1.165, 1.54) is 18.2 Å². The van der Waals surface area contributed by atoms with Crippen molar-refractivity contribution in [2.45, 2.75) is 32.6 Å². The van der Waals surface area contributed by atoms with Crippen molar-refractivity contribution in [3.8, 4) is 0 Å². The molecule has 1 aliphatic rings. The molecule has 2 aromatic rings. The second kappa shape index (κ2) is 7.50. The van der Waals surface area contributed by atoms with Crippen molar-refractivity contribution >= 4 is 28.7 Å². The number of rotatable bonds is 5. The van der Waals surface area contributed by atoms with Gasteiger partial charge in [0.15, 0.2) is 11.6 Å². The predicted octanol–water partition coefficient (Wildman–Crippen LogP) is 5.61. The predicted molar refractivity (Wildman–Crippen MR) is 95.5 cm³/mol. The standard InChI is InChI=1S/C19H16ClF3N2O/c1-2-3-11-8-13-12(9-16(22)18(23)19(13)24-11)17(25-26)7-10-4-5-15(21)14(20)6-10/h4-6,9,26H,2-3,7-8H2,1H3/b25-17+. The quantitative estimate of drug-likeness (QED) is 0.409. The van der Waals surface area contributed by atoms with Crippen LogP contribution in [0.15, 0.2) is 34.4 Å². The van der Waals surface area contributed by atoms with Crippen LogP contribution in [0.2, 0.25) is 5.02 Å². The van der Waals surface area contributed by atoms with Gasteiger partial charge in [0.05, 0.1) is 10.7 Å². The fourth-order valence-corrected chi connectivity index (χ4v) is 3.27. The summed E-state index contributed by atoms with van der Waals surface area (Å²) in [5.74, 6) is -2.63. The van der Waals surface area contributed by atoms with Crippen molar-refractivity contribution in [1.29, 1.82) is 0 Å². The van der Waals surface area contributed by atoms with Gasteiger partial charge in [-0.15, -0.1) is 0 Å². The van der Waals surface area contributed by atoms with Crippen LogP contribution in [0.25, 0.3) is 0 Å². The van der Waals surface area contributed by atoms with E-state index in [1.54, 1.807) is 0 Å². The van der Waals surface area contributed by atoms with Gasteiger partial charge in [-0.3, -0.25) is 4.99 Å². The van der Waals surface area contributed by atoms with Crippen LogP contribution < -0.4 is 0 Å². The SMILES string of the molecule is CCCC1=Nc2c(F)c(F)cc(/C(Cc3ccc(F)c(Cl)c3)=N/O)c2C1. The van der Waals surface area contributed by atoms with E-state index in [2.05, 4.69) is 10.1 Å². The maximum atomic E-state index is 14.1. The molecule has 0 radical (unpaired) electrons. The molecule has 0 aromatic heterocycles. The number of halogens is 4. The number of hydrogen-bond acceptors (Lipinski definition) is 3. The van der Waals surface area contributed by atoms with Crippen LogP contribution in [0.1, 0.15) is 36.5 Å². The lowest BCUT2D eigenvalue weighted by molar-refractivity contribution is 0.318. The molecule has 0 bridgehead atoms. The molecule has 0 spiro atoms. The third-order valence-corrected chi connectivity index (χ3v) is 4.57. The van der Waals surface area contributed by atoms with E-state index in [4.69, 9.17) is 11.6 Å². The van der Waals surface area contributed by atoms with Crippen molar-refractivity contribution in [3.63, 3.8) is 0 Å². The fraction of sp³-hybridized carbons (Fsp3) is 0.263. The molecule has 1 aliphatic heterocycles. The van der Waals surface area contributed by atoms with E-state index >= 15 is 0 Å². The molecule has 136 valence electrons. The molecule has 2 aromatic carbocycles. The summed E-state index contributed by atoms with van der Waals surface area (Å²) in [6.45, 7) is 1.97. The molecule has 7 heteroatoms. The first-order valence-corrected chi connectivity index (χ1v) is 8.54. The van der Waals surface area contributed by atoms with Gasteiger partial charge in [-0.25, -0.2) is 13.2 Å². The van der Waals surface area contributed by atoms with Gasteiger partial charge in [0.25, 0.3) is 0 Å². The van der Waals surface area contributed by atoms with Crippen LogP contribution in [0.3, 0.4) is 0 Å². The van der Waals surface area contributed by atoms with Crippen molar-refractivity contribution < 1.29 is 18.4 Å². The monoisotopic (exact) mass is 380 g/mol. The Balaban J connectivity index is 2.00. The maximum absolute atomic E-state index is 14.1. The highest BCUT2D eigenvalue weighted by Gasteiger charge is 2.26. The lowest BCUT2D eigenvalue weighted by Crippen LogP contribution is -2.11. The zero-order chi connectivity index (χ0) is 18.8. The maximum Gasteiger partial charge on any atom is 0.184 e. The van der Waals surface area contributed by atoms with E-state index in [0.717, 1.165) is 18.2 Å². The van der Waals surface area contributed by atoms with E-state index < -0.39 is 17.5 Å². The highest BCUT2D eigenvalue weighted by Crippen LogP contribution is 2.36. The van der Waals surface area contributed by atoms with Crippen LogP contribution in [-0.2, 0) is 12.8 Å². The number of aliphatic imine (C=N–C) groups is 1. The van der Waals surface area contributed by atoms with Crippen molar-refractivity contribution in [2.24, 2.45) is 10.1 Å². The van der Waals surface area contributed by atoms with Gasteiger partial charge < -0.3 is 5.21 Å². The summed E-state index contributed by atoms with van der Waals surface area (Å²) in [5, 5.41) is 12.7. The van der Waals surface area contributed by atoms with E-state index in [1.807, 2.05) is 6.92 Å². The van der Waals surface area contributed by atoms with Crippen molar-refractivity contribution in [2.75, 3.05) is 0 Å². The van der Waals surface area contributed by atoms with Crippen molar-refractivity contribution in [3.05, 3.63) is 63.4 Å². The Hall–Kier alpha value is -2.34. The molecule has 1 N–H and O–H groups in total. The first-order valence-electron chi connectivity index (χ1n) is 8.17. The first-order chi connectivity index (χ1) is 12.4. The Morgan fingerprint density at radius 1 is 1.23 bits per heavy atom. The van der Waals surface area contributed by atoms with Gasteiger partial charge in [0, 0.05) is 24.1 Å². The number of nitrogens with zero attached hydrogens (tertiary/aromatic N) is 2. The second-order valence-electron chi connectivity index (χ2n) is 6.12. The Morgan fingerprint density at radius 2 is 2.00 bits per heavy atom. The summed E-state index contributed by atoms with van der Waals surface area (Å²) in [7, 11) is 0. The topological polar surface area (TPSA) is 45.0 Å². The Labute approximate surface area is 153 Å². The molecule has 26 heavy (non-hydrogen) atoms. The average molecular weight is 381 g/mol. The van der Waals surface area contributed by atoms with Crippen LogP contribution >= 0.6 is 11.6 Å². The van der Waals surface area contributed by atoms with Crippen LogP contribution in [-0.4, -0.2) is 16.6 Å². The summed E-state index contributed by atoms with van der Waals surface area (Å²) in [6, 6.07) is 5.11. The van der Waals surface area contributed by atoms with Gasteiger partial charge in [-0.1, -0.05) is 36.2 Å². The largest absolute Gasteiger partial charge is 0.411 e. The van der Waals surface area contributed by atoms with Gasteiger partial charge in [-0.2, -0.15) is 0 Å². The molecule has 0 amide bonds. The van der Waals surface area contributed by atoms with E-state index in [0.29, 0.717) is 24.0 Å². The smallest absolute Gasteiger partial charge is 0.184 e. The van der Waals surface area contributed by atoms with Crippen molar-refractivity contribution in [1.82, 2.24) is 0 Å². The highest BCUT2D eigenvalue weighted by molar-refractivity contribution is 6.30. The molecule has 0 atom stereocenters. The number of hydrogen-bond donors (Lipinski definition) is 1. The third kappa shape index (κ3) is 3.46. The minimum Gasteiger partial charge on any atom is -0.411 e. The molecule has 3 nitrogen and oxygen atoms in total. The van der Waals surface area contributed by atoms with Gasteiger partial charge in [-0.05, 0) is 35.7 Å². The second-order valence-corrected chi connectivity index (χ2v) is 6.53. The number of benzene rings is 2. The van der Waals surface area contributed by atoms with Crippen LogP contribution in [0.5, 0.6) is 0 Å². The number of oxime groups is 1. The van der Waals surface area contributed by atoms with Gasteiger partial charge in [0.1, 0.15) is 11.5 Å². The summed E-state index contributed by atoms with van der Waals surface area (Å²) in [6.07, 6.45) is 1.96. The van der Waals surface area contributed by atoms with E-state index in [-0.39, 0.29) is 28.4 Å². The summed E-state index contributed by atoms with van der Waals surface area (Å²) >= 11 is 5.77. The molecule has 0 aliphatic carbocycles. The first kappa shape index (κ1) is 18.5. The molecule has 0 fully saturated rings. The molecular weight excluding hydrogens is 365 g/mol. The fourth-order valence-electron chi connectivity index (χ4n) is 3.07. The molecule has 3 rings (SSSR count). The van der Waals surface area contributed by atoms with Crippen LogP contribution in [0, 0.1) is 17.5 Å². The van der Waals surface area contributed by atoms with Gasteiger partial charge >= 0.3 is 0 Å². The summed E-state index contributed by atoms with van der Waals surface area (Å²) < 4.78 is 41.5. The summed E-state index contributed by atoms with van der Waals surface area (Å²) in [4.78, 5) is 4.21. The Morgan fingerprint density at radius 3 is 2.65 bits per heavy atom. The highest BCUT2D eigenvalue weighted by atomic mass is 35.5. The molecule has 0 unspecified atom stereocenters. The molecular formula is C19H16ClF3N2O. The van der Waals surface area contributed by atoms with Crippen LogP contribution in [0.4, 0.5) is 18.9 Å². The average Bonchev–Trinajstić information content (AvgIpc) is 3.04. The normalized spacial score (nSPS) is 13.7. The molecule has 0 saturated heterocycles. The zero-order valence-electron chi connectivity index (χ0n) is 14.0. The Bertz CT molecular complexity index is 925. The lowest BCUT2D eigenvalue weighted by Gasteiger charge is -2.11. The zero-order valence-corrected chi connectivity index (χ0v) is 14.7. The minimum atomic E-state index is -1.06. The Kier molecular flexibility index (Phi) is 5.32. The number of fused-ring (bicyclic) bond motifs is 1. The summed E-state index contributed by atoms with van der Waals surface area (Å²) in [5.41, 5.74) is 2.22.